The van der Waals surface area contributed by atoms with Crippen molar-refractivity contribution in [2.45, 2.75) is 58.4 Å². The number of hydrogen-bond donors (Lipinski definition) is 0. The summed E-state index contributed by atoms with van der Waals surface area (Å²) in [6.45, 7) is 4.08. The second-order valence-corrected chi connectivity index (χ2v) is 8.86. The molecule has 1 aromatic rings. The first-order chi connectivity index (χ1) is 18.4. The molecule has 0 aliphatic carbocycles. The van der Waals surface area contributed by atoms with E-state index in [0.29, 0.717) is 5.56 Å². The van der Waals surface area contributed by atoms with Crippen LogP contribution in [0.1, 0.15) is 33.3 Å². The molecule has 1 aliphatic heterocycles. The molecule has 0 N–H and O–H groups in total. The fraction of sp³-hybridized carbons (Fsp3) is 0.480. The highest BCUT2D eigenvalue weighted by Crippen LogP contribution is 2.41. The summed E-state index contributed by atoms with van der Waals surface area (Å²) in [6, 6.07) is 3.07. The molecule has 0 amide bonds. The maximum atomic E-state index is 12.0. The normalized spacial score (nSPS) is 22.4. The zero-order valence-corrected chi connectivity index (χ0v) is 23.7. The van der Waals surface area contributed by atoms with Gasteiger partial charge in [-0.15, -0.1) is 0 Å². The number of allylic oxidation sites excluding steroid dienone is 1. The van der Waals surface area contributed by atoms with Crippen LogP contribution in [-0.4, -0.2) is 80.1 Å². The minimum atomic E-state index is -1.50. The summed E-state index contributed by atoms with van der Waals surface area (Å²) in [5.41, 5.74) is 0.519. The lowest BCUT2D eigenvalue weighted by molar-refractivity contribution is -0.288. The van der Waals surface area contributed by atoms with Gasteiger partial charge in [0.15, 0.2) is 23.7 Å². The van der Waals surface area contributed by atoms with Gasteiger partial charge in [0, 0.05) is 27.7 Å². The van der Waals surface area contributed by atoms with Crippen LogP contribution in [0.4, 0.5) is 0 Å². The molecule has 1 saturated heterocycles. The predicted molar refractivity (Wildman–Crippen MR) is 135 cm³/mol. The van der Waals surface area contributed by atoms with Gasteiger partial charge >= 0.3 is 23.9 Å². The summed E-state index contributed by atoms with van der Waals surface area (Å²) in [5.74, 6) is -2.70. The van der Waals surface area contributed by atoms with Crippen LogP contribution in [0, 0.1) is 0 Å². The molecule has 2 rings (SSSR count). The highest BCUT2D eigenvalue weighted by molar-refractivity contribution is 9.18. The summed E-state index contributed by atoms with van der Waals surface area (Å²) < 4.78 is 43.8. The van der Waals surface area contributed by atoms with Crippen molar-refractivity contribution in [3.8, 4) is 17.2 Å². The lowest BCUT2D eigenvalue weighted by Crippen LogP contribution is -2.63. The van der Waals surface area contributed by atoms with Crippen molar-refractivity contribution in [1.29, 1.82) is 0 Å². The molecule has 13 nitrogen and oxygen atoms in total. The zero-order chi connectivity index (χ0) is 29.3. The van der Waals surface area contributed by atoms with Crippen molar-refractivity contribution in [3.63, 3.8) is 0 Å². The Labute approximate surface area is 232 Å². The second kappa shape index (κ2) is 14.5. The number of carbonyl (C=O) groups excluding carboxylic acids is 5. The summed E-state index contributed by atoms with van der Waals surface area (Å²) in [4.78, 5) is 58.8. The molecular weight excluding hydrogens is 588 g/mol. The number of methoxy groups -OCH3 is 2. The van der Waals surface area contributed by atoms with Gasteiger partial charge < -0.3 is 37.9 Å². The smallest absolute Gasteiger partial charge is 0.303 e. The van der Waals surface area contributed by atoms with Crippen LogP contribution >= 0.6 is 15.9 Å². The lowest BCUT2D eigenvalue weighted by atomic mass is 9.98. The summed E-state index contributed by atoms with van der Waals surface area (Å²) in [6.07, 6.45) is -4.15. The van der Waals surface area contributed by atoms with Crippen molar-refractivity contribution in [2.24, 2.45) is 0 Å². The molecule has 1 aromatic carbocycles. The van der Waals surface area contributed by atoms with Crippen LogP contribution in [-0.2, 0) is 47.7 Å². The Balaban J connectivity index is 2.62. The Bertz CT molecular complexity index is 1090. The third kappa shape index (κ3) is 9.25. The van der Waals surface area contributed by atoms with Crippen molar-refractivity contribution in [2.75, 3.05) is 20.8 Å². The summed E-state index contributed by atoms with van der Waals surface area (Å²) in [7, 11) is 2.72. The van der Waals surface area contributed by atoms with Crippen LogP contribution in [0.25, 0.3) is 6.08 Å². The van der Waals surface area contributed by atoms with Gasteiger partial charge in [-0.05, 0) is 39.7 Å². The Morgan fingerprint density at radius 3 is 1.79 bits per heavy atom. The first kappa shape index (κ1) is 31.6. The highest BCUT2D eigenvalue weighted by Gasteiger charge is 2.53. The SMILES string of the molecule is COc1cc(C=CC(=O)Br)cc(OC)c1O[C@@H]1O[C@H](COC(C)=O)[C@@H](OC(C)=O)[C@H](OC(C)=O)[C@H]1OC(C)=O. The molecule has 39 heavy (non-hydrogen) atoms. The average molecular weight is 617 g/mol. The van der Waals surface area contributed by atoms with Crippen molar-refractivity contribution in [3.05, 3.63) is 23.8 Å². The van der Waals surface area contributed by atoms with E-state index in [0.717, 1.165) is 27.7 Å². The maximum Gasteiger partial charge on any atom is 0.303 e. The number of rotatable bonds is 11. The summed E-state index contributed by atoms with van der Waals surface area (Å²) >= 11 is 2.81. The molecule has 1 fully saturated rings. The zero-order valence-electron chi connectivity index (χ0n) is 22.1. The van der Waals surface area contributed by atoms with Gasteiger partial charge in [-0.1, -0.05) is 6.08 Å². The molecule has 0 bridgehead atoms. The number of carbonyl (C=O) groups is 5. The minimum absolute atomic E-state index is 0.00298. The molecule has 0 radical (unpaired) electrons. The highest BCUT2D eigenvalue weighted by atomic mass is 79.9. The van der Waals surface area contributed by atoms with E-state index in [2.05, 4.69) is 15.9 Å². The first-order valence-corrected chi connectivity index (χ1v) is 12.3. The third-order valence-corrected chi connectivity index (χ3v) is 5.34. The number of benzene rings is 1. The van der Waals surface area contributed by atoms with Gasteiger partial charge in [0.1, 0.15) is 12.7 Å². The van der Waals surface area contributed by atoms with Crippen LogP contribution in [0.5, 0.6) is 17.2 Å². The second-order valence-electron chi connectivity index (χ2n) is 8.08. The number of ether oxygens (including phenoxy) is 8. The van der Waals surface area contributed by atoms with Crippen LogP contribution in [0.15, 0.2) is 18.2 Å². The molecule has 0 aromatic heterocycles. The van der Waals surface area contributed by atoms with E-state index in [4.69, 9.17) is 37.9 Å². The van der Waals surface area contributed by atoms with Gasteiger partial charge in [-0.3, -0.25) is 24.0 Å². The molecule has 5 atom stereocenters. The standard InChI is InChI=1S/C25H29BrO13/c1-12(27)34-11-19-22(35-13(2)28)23(36-14(3)29)24(37-15(4)30)25(38-19)39-21-17(32-5)9-16(7-8-20(26)31)10-18(21)33-6/h7-10,19,22-25H,11H2,1-6H3/t19-,22-,23+,24-,25+/m1/s1. The molecule has 0 unspecified atom stereocenters. The van der Waals surface area contributed by atoms with Crippen molar-refractivity contribution < 1.29 is 61.9 Å². The van der Waals surface area contributed by atoms with Gasteiger partial charge in [-0.2, -0.15) is 0 Å². The molecule has 214 valence electrons. The Kier molecular flexibility index (Phi) is 11.7. The van der Waals surface area contributed by atoms with Gasteiger partial charge in [0.05, 0.1) is 14.2 Å². The Morgan fingerprint density at radius 1 is 0.821 bits per heavy atom. The van der Waals surface area contributed by atoms with Crippen molar-refractivity contribution in [1.82, 2.24) is 0 Å². The third-order valence-electron chi connectivity index (χ3n) is 5.07. The van der Waals surface area contributed by atoms with Crippen LogP contribution < -0.4 is 14.2 Å². The van der Waals surface area contributed by atoms with E-state index in [-0.39, 0.29) is 21.9 Å². The van der Waals surface area contributed by atoms with E-state index < -0.39 is 61.2 Å². The Morgan fingerprint density at radius 2 is 1.33 bits per heavy atom. The maximum absolute atomic E-state index is 12.0. The lowest BCUT2D eigenvalue weighted by Gasteiger charge is -2.44. The molecule has 0 spiro atoms. The fourth-order valence-electron chi connectivity index (χ4n) is 3.67. The molecule has 1 heterocycles. The van der Waals surface area contributed by atoms with E-state index in [1.54, 1.807) is 0 Å². The van der Waals surface area contributed by atoms with Crippen LogP contribution in [0.2, 0.25) is 0 Å². The van der Waals surface area contributed by atoms with E-state index in [1.807, 2.05) is 0 Å². The minimum Gasteiger partial charge on any atom is -0.493 e. The number of esters is 4. The van der Waals surface area contributed by atoms with E-state index >= 15 is 0 Å². The van der Waals surface area contributed by atoms with Gasteiger partial charge in [0.2, 0.25) is 22.8 Å². The van der Waals surface area contributed by atoms with E-state index in [1.165, 1.54) is 38.5 Å². The largest absolute Gasteiger partial charge is 0.493 e. The molecule has 14 heteroatoms. The fourth-order valence-corrected chi connectivity index (χ4v) is 3.81. The monoisotopic (exact) mass is 616 g/mol. The van der Waals surface area contributed by atoms with Gasteiger partial charge in [0.25, 0.3) is 0 Å². The predicted octanol–water partition coefficient (Wildman–Crippen LogP) is 2.10. The van der Waals surface area contributed by atoms with Crippen LogP contribution in [0.3, 0.4) is 0 Å². The Hall–Kier alpha value is -3.65. The van der Waals surface area contributed by atoms with E-state index in [9.17, 15) is 24.0 Å². The molecule has 0 saturated carbocycles. The molecular formula is C25H29BrO13. The average Bonchev–Trinajstić information content (AvgIpc) is 2.84. The van der Waals surface area contributed by atoms with Gasteiger partial charge in [-0.25, -0.2) is 0 Å². The van der Waals surface area contributed by atoms with Crippen molar-refractivity contribution >= 4 is 50.6 Å². The number of hydrogen-bond acceptors (Lipinski definition) is 13. The molecule has 1 aliphatic rings. The number of halogens is 1. The topological polar surface area (TPSA) is 159 Å². The quantitative estimate of drug-likeness (QED) is 0.154. The first-order valence-electron chi connectivity index (χ1n) is 11.5. The summed E-state index contributed by atoms with van der Waals surface area (Å²) in [5, 5.41) is 0.